The third-order valence-corrected chi connectivity index (χ3v) is 5.29. The largest absolute Gasteiger partial charge is 0.445 e. The van der Waals surface area contributed by atoms with Crippen molar-refractivity contribution in [3.05, 3.63) is 47.4 Å². The van der Waals surface area contributed by atoms with Crippen LogP contribution in [0.4, 0.5) is 10.3 Å². The summed E-state index contributed by atoms with van der Waals surface area (Å²) in [6.45, 7) is 6.51. The summed E-state index contributed by atoms with van der Waals surface area (Å²) < 4.78 is 26.8. The lowest BCUT2D eigenvalue weighted by molar-refractivity contribution is 0.122. The van der Waals surface area contributed by atoms with Crippen molar-refractivity contribution in [1.29, 1.82) is 0 Å². The highest BCUT2D eigenvalue weighted by Gasteiger charge is 2.22. The van der Waals surface area contributed by atoms with E-state index in [1.807, 2.05) is 24.5 Å². The van der Waals surface area contributed by atoms with Crippen LogP contribution < -0.4 is 4.90 Å². The molecule has 1 aliphatic heterocycles. The van der Waals surface area contributed by atoms with Crippen LogP contribution in [-0.4, -0.2) is 46.1 Å². The number of ether oxygens (including phenoxy) is 1. The summed E-state index contributed by atoms with van der Waals surface area (Å²) in [5.74, 6) is 2.35. The van der Waals surface area contributed by atoms with Crippen molar-refractivity contribution < 1.29 is 13.5 Å². The maximum atomic E-state index is 13.8. The molecule has 1 saturated heterocycles. The number of benzene rings is 1. The molecule has 27 heavy (non-hydrogen) atoms. The van der Waals surface area contributed by atoms with Gasteiger partial charge in [0.2, 0.25) is 11.8 Å². The Bertz CT molecular complexity index is 916. The van der Waals surface area contributed by atoms with Gasteiger partial charge in [-0.1, -0.05) is 17.8 Å². The Morgan fingerprint density at radius 2 is 2.00 bits per heavy atom. The smallest absolute Gasteiger partial charge is 0.232 e. The summed E-state index contributed by atoms with van der Waals surface area (Å²) in [4.78, 5) is 6.51. The standard InChI is InChI=1S/C18H20FN5O2S/c1-12-13(2)26-16(20-12)11-27-18-22-21-17(23-6-8-25-9-7-23)24(18)15-5-3-4-14(19)10-15/h3-5,10H,6-9,11H2,1-2H3. The average Bonchev–Trinajstić information content (AvgIpc) is 3.24. The molecule has 2 aromatic heterocycles. The fourth-order valence-electron chi connectivity index (χ4n) is 2.89. The van der Waals surface area contributed by atoms with Crippen LogP contribution in [0.15, 0.2) is 33.8 Å². The molecule has 0 spiro atoms. The summed E-state index contributed by atoms with van der Waals surface area (Å²) in [5.41, 5.74) is 1.56. The van der Waals surface area contributed by atoms with Crippen LogP contribution in [0.5, 0.6) is 0 Å². The van der Waals surface area contributed by atoms with Gasteiger partial charge in [-0.05, 0) is 32.0 Å². The number of thioether (sulfide) groups is 1. The normalized spacial score (nSPS) is 14.7. The minimum atomic E-state index is -0.302. The molecule has 4 rings (SSSR count). The van der Waals surface area contributed by atoms with Gasteiger partial charge >= 0.3 is 0 Å². The van der Waals surface area contributed by atoms with Crippen LogP contribution >= 0.6 is 11.8 Å². The molecule has 7 nitrogen and oxygen atoms in total. The second kappa shape index (κ2) is 7.69. The van der Waals surface area contributed by atoms with Crippen LogP contribution in [0.3, 0.4) is 0 Å². The van der Waals surface area contributed by atoms with Crippen molar-refractivity contribution in [3.8, 4) is 5.69 Å². The van der Waals surface area contributed by atoms with Crippen LogP contribution in [0.1, 0.15) is 17.3 Å². The molecule has 3 heterocycles. The number of rotatable bonds is 5. The fraction of sp³-hybridized carbons (Fsp3) is 0.389. The van der Waals surface area contributed by atoms with E-state index < -0.39 is 0 Å². The first-order chi connectivity index (χ1) is 13.1. The van der Waals surface area contributed by atoms with Gasteiger partial charge < -0.3 is 14.1 Å². The van der Waals surface area contributed by atoms with Crippen LogP contribution in [0.25, 0.3) is 5.69 Å². The first-order valence-electron chi connectivity index (χ1n) is 8.71. The molecule has 142 valence electrons. The highest BCUT2D eigenvalue weighted by atomic mass is 32.2. The van der Waals surface area contributed by atoms with Crippen molar-refractivity contribution in [2.45, 2.75) is 24.8 Å². The van der Waals surface area contributed by atoms with E-state index in [-0.39, 0.29) is 5.82 Å². The van der Waals surface area contributed by atoms with Crippen LogP contribution in [0, 0.1) is 19.7 Å². The molecule has 3 aromatic rings. The molecule has 1 fully saturated rings. The third-order valence-electron chi connectivity index (χ3n) is 4.37. The Balaban J connectivity index is 1.66. The maximum absolute atomic E-state index is 13.8. The monoisotopic (exact) mass is 389 g/mol. The second-order valence-corrected chi connectivity index (χ2v) is 7.18. The predicted molar refractivity (Wildman–Crippen MR) is 99.9 cm³/mol. The molecule has 0 bridgehead atoms. The van der Waals surface area contributed by atoms with E-state index in [0.29, 0.717) is 41.6 Å². The van der Waals surface area contributed by atoms with Crippen molar-refractivity contribution in [1.82, 2.24) is 19.7 Å². The van der Waals surface area contributed by atoms with Gasteiger partial charge in [0.15, 0.2) is 5.16 Å². The molecular weight excluding hydrogens is 369 g/mol. The zero-order valence-corrected chi connectivity index (χ0v) is 16.0. The van der Waals surface area contributed by atoms with Gasteiger partial charge in [0.1, 0.15) is 11.6 Å². The van der Waals surface area contributed by atoms with Crippen molar-refractivity contribution in [3.63, 3.8) is 0 Å². The lowest BCUT2D eigenvalue weighted by Crippen LogP contribution is -2.37. The van der Waals surface area contributed by atoms with Gasteiger partial charge in [-0.15, -0.1) is 10.2 Å². The highest BCUT2D eigenvalue weighted by Crippen LogP contribution is 2.29. The van der Waals surface area contributed by atoms with Gasteiger partial charge in [-0.3, -0.25) is 4.57 Å². The highest BCUT2D eigenvalue weighted by molar-refractivity contribution is 7.98. The summed E-state index contributed by atoms with van der Waals surface area (Å²) in [6, 6.07) is 6.44. The number of hydrogen-bond donors (Lipinski definition) is 0. The zero-order chi connectivity index (χ0) is 18.8. The lowest BCUT2D eigenvalue weighted by atomic mass is 10.3. The second-order valence-electron chi connectivity index (χ2n) is 6.24. The number of aromatic nitrogens is 4. The van der Waals surface area contributed by atoms with E-state index in [1.165, 1.54) is 23.9 Å². The molecule has 9 heteroatoms. The number of aryl methyl sites for hydroxylation is 2. The van der Waals surface area contributed by atoms with Crippen molar-refractivity contribution in [2.75, 3.05) is 31.2 Å². The van der Waals surface area contributed by atoms with Gasteiger partial charge in [0, 0.05) is 13.1 Å². The average molecular weight is 389 g/mol. The van der Waals surface area contributed by atoms with E-state index in [1.54, 1.807) is 6.07 Å². The molecule has 1 aromatic carbocycles. The lowest BCUT2D eigenvalue weighted by Gasteiger charge is -2.27. The summed E-state index contributed by atoms with van der Waals surface area (Å²) in [7, 11) is 0. The molecular formula is C18H20FN5O2S. The number of anilines is 1. The van der Waals surface area contributed by atoms with E-state index >= 15 is 0 Å². The predicted octanol–water partition coefficient (Wildman–Crippen LogP) is 3.14. The zero-order valence-electron chi connectivity index (χ0n) is 15.2. The fourth-order valence-corrected chi connectivity index (χ4v) is 3.68. The summed E-state index contributed by atoms with van der Waals surface area (Å²) in [6.07, 6.45) is 0. The molecule has 0 amide bonds. The SMILES string of the molecule is Cc1nc(CSc2nnc(N3CCOCC3)n2-c2cccc(F)c2)oc1C. The molecule has 0 atom stereocenters. The summed E-state index contributed by atoms with van der Waals surface area (Å²) in [5, 5.41) is 9.38. The molecule has 0 N–H and O–H groups in total. The molecule has 0 aliphatic carbocycles. The van der Waals surface area contributed by atoms with Gasteiger partial charge in [0.05, 0.1) is 30.3 Å². The maximum Gasteiger partial charge on any atom is 0.232 e. The topological polar surface area (TPSA) is 69.2 Å². The Morgan fingerprint density at radius 3 is 2.70 bits per heavy atom. The van der Waals surface area contributed by atoms with E-state index in [0.717, 1.165) is 24.5 Å². The number of morpholine rings is 1. The Morgan fingerprint density at radius 1 is 1.19 bits per heavy atom. The quantitative estimate of drug-likeness (QED) is 0.621. The van der Waals surface area contributed by atoms with Gasteiger partial charge in [-0.2, -0.15) is 0 Å². The summed E-state index contributed by atoms with van der Waals surface area (Å²) >= 11 is 1.46. The Labute approximate surface area is 160 Å². The molecule has 0 saturated carbocycles. The first kappa shape index (κ1) is 18.0. The third kappa shape index (κ3) is 3.84. The molecule has 0 radical (unpaired) electrons. The van der Waals surface area contributed by atoms with Crippen LogP contribution in [-0.2, 0) is 10.5 Å². The number of halogens is 1. The van der Waals surface area contributed by atoms with Gasteiger partial charge in [0.25, 0.3) is 0 Å². The molecule has 0 unspecified atom stereocenters. The van der Waals surface area contributed by atoms with E-state index in [9.17, 15) is 4.39 Å². The minimum Gasteiger partial charge on any atom is -0.445 e. The van der Waals surface area contributed by atoms with Crippen molar-refractivity contribution in [2.24, 2.45) is 0 Å². The van der Waals surface area contributed by atoms with Crippen LogP contribution in [0.2, 0.25) is 0 Å². The molecule has 1 aliphatic rings. The first-order valence-corrected chi connectivity index (χ1v) is 9.70. The minimum absolute atomic E-state index is 0.302. The van der Waals surface area contributed by atoms with Crippen molar-refractivity contribution >= 4 is 17.7 Å². The number of nitrogens with zero attached hydrogens (tertiary/aromatic N) is 5. The number of hydrogen-bond acceptors (Lipinski definition) is 7. The number of oxazole rings is 1. The van der Waals surface area contributed by atoms with E-state index in [4.69, 9.17) is 9.15 Å². The Hall–Kier alpha value is -2.39. The van der Waals surface area contributed by atoms with E-state index in [2.05, 4.69) is 20.1 Å². The van der Waals surface area contributed by atoms with Gasteiger partial charge in [-0.25, -0.2) is 9.37 Å². The Kier molecular flexibility index (Phi) is 5.13.